The first kappa shape index (κ1) is 20.7. The standard InChI is InChI=1S/C24H26N4O3/c1-30-20-12-19(13-21(14-20)31-2)27-24(29)18-8-10-28(11-9-18)23-15-22(25-16-26-23)17-6-4-3-5-7-17/h3-7,12-16,18H,8-11H2,1-2H3,(H,27,29). The number of hydrogen-bond donors (Lipinski definition) is 1. The van der Waals surface area contributed by atoms with E-state index in [0.29, 0.717) is 17.2 Å². The number of carbonyl (C=O) groups is 1. The second-order valence-electron chi connectivity index (χ2n) is 7.48. The number of carbonyl (C=O) groups excluding carboxylic acids is 1. The van der Waals surface area contributed by atoms with E-state index in [4.69, 9.17) is 9.47 Å². The smallest absolute Gasteiger partial charge is 0.227 e. The fourth-order valence-corrected chi connectivity index (χ4v) is 3.78. The minimum absolute atomic E-state index is 0.0163. The van der Waals surface area contributed by atoms with Crippen LogP contribution in [0, 0.1) is 5.92 Å². The maximum atomic E-state index is 12.8. The van der Waals surface area contributed by atoms with E-state index in [1.807, 2.05) is 36.4 Å². The van der Waals surface area contributed by atoms with Gasteiger partial charge in [-0.3, -0.25) is 4.79 Å². The highest BCUT2D eigenvalue weighted by molar-refractivity contribution is 5.93. The number of hydrogen-bond acceptors (Lipinski definition) is 6. The van der Waals surface area contributed by atoms with E-state index in [1.165, 1.54) is 0 Å². The summed E-state index contributed by atoms with van der Waals surface area (Å²) in [7, 11) is 3.18. The van der Waals surface area contributed by atoms with Crippen LogP contribution in [0.15, 0.2) is 60.9 Å². The van der Waals surface area contributed by atoms with Crippen LogP contribution < -0.4 is 19.7 Å². The Morgan fingerprint density at radius 1 is 0.968 bits per heavy atom. The molecule has 1 fully saturated rings. The van der Waals surface area contributed by atoms with Crippen LogP contribution in [0.1, 0.15) is 12.8 Å². The van der Waals surface area contributed by atoms with Gasteiger partial charge in [-0.15, -0.1) is 0 Å². The molecule has 31 heavy (non-hydrogen) atoms. The van der Waals surface area contributed by atoms with Crippen molar-refractivity contribution in [2.45, 2.75) is 12.8 Å². The van der Waals surface area contributed by atoms with Gasteiger partial charge in [-0.05, 0) is 12.8 Å². The van der Waals surface area contributed by atoms with Crippen molar-refractivity contribution in [1.82, 2.24) is 9.97 Å². The van der Waals surface area contributed by atoms with Crippen LogP contribution in [0.2, 0.25) is 0 Å². The molecule has 0 unspecified atom stereocenters. The van der Waals surface area contributed by atoms with Crippen LogP contribution in [-0.4, -0.2) is 43.2 Å². The molecule has 2 heterocycles. The molecule has 0 atom stereocenters. The number of aromatic nitrogens is 2. The fourth-order valence-electron chi connectivity index (χ4n) is 3.78. The van der Waals surface area contributed by atoms with Crippen LogP contribution in [0.5, 0.6) is 11.5 Å². The lowest BCUT2D eigenvalue weighted by atomic mass is 9.95. The molecular formula is C24H26N4O3. The Labute approximate surface area is 182 Å². The molecule has 0 spiro atoms. The average Bonchev–Trinajstić information content (AvgIpc) is 2.84. The minimum atomic E-state index is -0.0520. The number of anilines is 2. The van der Waals surface area contributed by atoms with Crippen molar-refractivity contribution in [2.75, 3.05) is 37.5 Å². The maximum absolute atomic E-state index is 12.8. The van der Waals surface area contributed by atoms with E-state index in [0.717, 1.165) is 43.0 Å². The van der Waals surface area contributed by atoms with E-state index >= 15 is 0 Å². The number of methoxy groups -OCH3 is 2. The normalized spacial score (nSPS) is 14.2. The third kappa shape index (κ3) is 4.94. The molecule has 1 saturated heterocycles. The molecule has 1 aliphatic rings. The molecule has 3 aromatic rings. The first-order chi connectivity index (χ1) is 15.2. The van der Waals surface area contributed by atoms with Crippen molar-refractivity contribution < 1.29 is 14.3 Å². The van der Waals surface area contributed by atoms with Gasteiger partial charge in [-0.1, -0.05) is 30.3 Å². The molecule has 1 amide bonds. The maximum Gasteiger partial charge on any atom is 0.227 e. The zero-order valence-corrected chi connectivity index (χ0v) is 17.7. The van der Waals surface area contributed by atoms with Crippen molar-refractivity contribution in [3.05, 3.63) is 60.9 Å². The Morgan fingerprint density at radius 3 is 2.29 bits per heavy atom. The van der Waals surface area contributed by atoms with E-state index in [9.17, 15) is 4.79 Å². The number of benzene rings is 2. The number of ether oxygens (including phenoxy) is 2. The van der Waals surface area contributed by atoms with Crippen LogP contribution in [0.4, 0.5) is 11.5 Å². The van der Waals surface area contributed by atoms with Crippen molar-refractivity contribution in [3.8, 4) is 22.8 Å². The van der Waals surface area contributed by atoms with Crippen LogP contribution in [0.3, 0.4) is 0 Å². The molecule has 7 heteroatoms. The molecule has 7 nitrogen and oxygen atoms in total. The van der Waals surface area contributed by atoms with E-state index < -0.39 is 0 Å². The number of nitrogens with zero attached hydrogens (tertiary/aromatic N) is 3. The largest absolute Gasteiger partial charge is 0.497 e. The first-order valence-electron chi connectivity index (χ1n) is 10.3. The van der Waals surface area contributed by atoms with Gasteiger partial charge >= 0.3 is 0 Å². The molecule has 0 aliphatic carbocycles. The minimum Gasteiger partial charge on any atom is -0.497 e. The molecule has 1 aliphatic heterocycles. The van der Waals surface area contributed by atoms with Crippen LogP contribution >= 0.6 is 0 Å². The zero-order valence-electron chi connectivity index (χ0n) is 17.7. The van der Waals surface area contributed by atoms with Crippen molar-refractivity contribution in [3.63, 3.8) is 0 Å². The average molecular weight is 418 g/mol. The monoisotopic (exact) mass is 418 g/mol. The molecule has 0 radical (unpaired) electrons. The summed E-state index contributed by atoms with van der Waals surface area (Å²) in [6.45, 7) is 1.54. The van der Waals surface area contributed by atoms with Gasteiger partial charge in [0.2, 0.25) is 5.91 Å². The van der Waals surface area contributed by atoms with Gasteiger partial charge in [-0.2, -0.15) is 0 Å². The predicted octanol–water partition coefficient (Wildman–Crippen LogP) is 4.02. The van der Waals surface area contributed by atoms with Gasteiger partial charge in [0.1, 0.15) is 23.6 Å². The highest BCUT2D eigenvalue weighted by atomic mass is 16.5. The van der Waals surface area contributed by atoms with Crippen molar-refractivity contribution in [1.29, 1.82) is 0 Å². The summed E-state index contributed by atoms with van der Waals surface area (Å²) in [5.74, 6) is 2.14. The highest BCUT2D eigenvalue weighted by Crippen LogP contribution is 2.28. The fraction of sp³-hybridized carbons (Fsp3) is 0.292. The second-order valence-corrected chi connectivity index (χ2v) is 7.48. The molecule has 160 valence electrons. The van der Waals surface area contributed by atoms with Crippen molar-refractivity contribution in [2.24, 2.45) is 5.92 Å². The summed E-state index contributed by atoms with van der Waals surface area (Å²) in [6.07, 6.45) is 3.13. The zero-order chi connectivity index (χ0) is 21.6. The third-order valence-corrected chi connectivity index (χ3v) is 5.53. The first-order valence-corrected chi connectivity index (χ1v) is 10.3. The van der Waals surface area contributed by atoms with E-state index in [2.05, 4.69) is 20.2 Å². The number of piperidine rings is 1. The lowest BCUT2D eigenvalue weighted by molar-refractivity contribution is -0.120. The Hall–Kier alpha value is -3.61. The summed E-state index contributed by atoms with van der Waals surface area (Å²) in [5, 5.41) is 3.00. The Morgan fingerprint density at radius 2 is 1.65 bits per heavy atom. The second kappa shape index (κ2) is 9.47. The molecule has 4 rings (SSSR count). The SMILES string of the molecule is COc1cc(NC(=O)C2CCN(c3cc(-c4ccccc4)ncn3)CC2)cc(OC)c1. The molecule has 2 aromatic carbocycles. The molecule has 1 N–H and O–H groups in total. The number of rotatable bonds is 6. The summed E-state index contributed by atoms with van der Waals surface area (Å²) in [4.78, 5) is 23.9. The summed E-state index contributed by atoms with van der Waals surface area (Å²) < 4.78 is 10.6. The van der Waals surface area contributed by atoms with Crippen LogP contribution in [-0.2, 0) is 4.79 Å². The predicted molar refractivity (Wildman–Crippen MR) is 121 cm³/mol. The number of nitrogens with one attached hydrogen (secondary N) is 1. The third-order valence-electron chi connectivity index (χ3n) is 5.53. The quantitative estimate of drug-likeness (QED) is 0.652. The summed E-state index contributed by atoms with van der Waals surface area (Å²) in [5.41, 5.74) is 2.64. The number of amides is 1. The van der Waals surface area contributed by atoms with Gasteiger partial charge in [0.05, 0.1) is 19.9 Å². The van der Waals surface area contributed by atoms with Gasteiger partial charge in [0.15, 0.2) is 0 Å². The lowest BCUT2D eigenvalue weighted by Crippen LogP contribution is -2.38. The molecule has 0 bridgehead atoms. The van der Waals surface area contributed by atoms with Gasteiger partial charge in [0, 0.05) is 54.5 Å². The topological polar surface area (TPSA) is 76.6 Å². The Kier molecular flexibility index (Phi) is 6.31. The van der Waals surface area contributed by atoms with E-state index in [-0.39, 0.29) is 11.8 Å². The Balaban J connectivity index is 1.38. The van der Waals surface area contributed by atoms with Crippen molar-refractivity contribution >= 4 is 17.4 Å². The molecule has 1 aromatic heterocycles. The lowest BCUT2D eigenvalue weighted by Gasteiger charge is -2.32. The summed E-state index contributed by atoms with van der Waals surface area (Å²) >= 11 is 0. The van der Waals surface area contributed by atoms with Crippen LogP contribution in [0.25, 0.3) is 11.3 Å². The molecular weight excluding hydrogens is 392 g/mol. The highest BCUT2D eigenvalue weighted by Gasteiger charge is 2.26. The van der Waals surface area contributed by atoms with Gasteiger partial charge in [-0.25, -0.2) is 9.97 Å². The van der Waals surface area contributed by atoms with Gasteiger partial charge in [0.25, 0.3) is 0 Å². The molecule has 0 saturated carbocycles. The van der Waals surface area contributed by atoms with Gasteiger partial charge < -0.3 is 19.7 Å². The Bertz CT molecular complexity index is 1010. The summed E-state index contributed by atoms with van der Waals surface area (Å²) in [6, 6.07) is 17.4. The van der Waals surface area contributed by atoms with E-state index in [1.54, 1.807) is 38.7 Å².